The molecule has 24 nitrogen and oxygen atoms in total. The van der Waals surface area contributed by atoms with E-state index in [1.165, 1.54) is 126 Å². The molecular weight excluding hydrogens is 912 g/mol. The standard InChI is InChI=1S/C44H42O24/c1-53-33-13-5-27(6-14-33)37(45)61-65-41(49)57-23-21-31(25-59-43(51)67-63-39(47)29-9-17-35(55-3)18-10-29)32(26-60-44(52)68-64-40(48)30-11-19-36(56-4)20-12-30)22-24-58-42(50)66-62-38(46)28-7-15-34(54-2)16-8-28/h5-20,31-32H,21-26H2,1-4H3. The van der Waals surface area contributed by atoms with Gasteiger partial charge in [0, 0.05) is 11.8 Å². The Bertz CT molecular complexity index is 2130. The van der Waals surface area contributed by atoms with Crippen molar-refractivity contribution in [3.05, 3.63) is 119 Å². The molecule has 0 saturated heterocycles. The molecule has 2 atom stereocenters. The van der Waals surface area contributed by atoms with Crippen molar-refractivity contribution in [1.82, 2.24) is 0 Å². The third-order valence-electron chi connectivity index (χ3n) is 8.96. The highest BCUT2D eigenvalue weighted by atomic mass is 17.3. The molecule has 68 heavy (non-hydrogen) atoms. The van der Waals surface area contributed by atoms with Gasteiger partial charge >= 0.3 is 48.5 Å². The summed E-state index contributed by atoms with van der Waals surface area (Å²) in [7, 11) is 5.66. The summed E-state index contributed by atoms with van der Waals surface area (Å²) in [6.07, 6.45) is -6.60. The fourth-order valence-corrected chi connectivity index (χ4v) is 5.33. The Hall–Kier alpha value is -8.96. The van der Waals surface area contributed by atoms with E-state index in [4.69, 9.17) is 37.9 Å². The zero-order valence-electron chi connectivity index (χ0n) is 36.4. The first kappa shape index (κ1) is 51.7. The Morgan fingerprint density at radius 1 is 0.324 bits per heavy atom. The fourth-order valence-electron chi connectivity index (χ4n) is 5.33. The Labute approximate surface area is 385 Å². The maximum atomic E-state index is 12.6. The molecule has 4 rings (SSSR count). The second-order valence-corrected chi connectivity index (χ2v) is 13.1. The van der Waals surface area contributed by atoms with E-state index in [1.807, 2.05) is 0 Å². The van der Waals surface area contributed by atoms with Crippen LogP contribution in [0.5, 0.6) is 23.0 Å². The van der Waals surface area contributed by atoms with Crippen LogP contribution < -0.4 is 18.9 Å². The van der Waals surface area contributed by atoms with Gasteiger partial charge in [-0.25, -0.2) is 58.3 Å². The average Bonchev–Trinajstić information content (AvgIpc) is 3.37. The first-order valence-corrected chi connectivity index (χ1v) is 19.6. The zero-order valence-corrected chi connectivity index (χ0v) is 36.4. The van der Waals surface area contributed by atoms with Gasteiger partial charge in [0.05, 0.1) is 77.1 Å². The van der Waals surface area contributed by atoms with E-state index in [1.54, 1.807) is 0 Å². The Morgan fingerprint density at radius 3 is 0.765 bits per heavy atom. The summed E-state index contributed by atoms with van der Waals surface area (Å²) >= 11 is 0. The summed E-state index contributed by atoms with van der Waals surface area (Å²) in [6, 6.07) is 22.3. The summed E-state index contributed by atoms with van der Waals surface area (Å²) in [6.45, 7) is -2.44. The molecule has 0 spiro atoms. The van der Waals surface area contributed by atoms with E-state index in [9.17, 15) is 38.4 Å². The maximum Gasteiger partial charge on any atom is 0.549 e. The number of ether oxygens (including phenoxy) is 8. The van der Waals surface area contributed by atoms with E-state index in [-0.39, 0.29) is 35.1 Å². The van der Waals surface area contributed by atoms with Crippen molar-refractivity contribution in [3.8, 4) is 23.0 Å². The Morgan fingerprint density at radius 2 is 0.544 bits per heavy atom. The zero-order chi connectivity index (χ0) is 49.3. The third-order valence-corrected chi connectivity index (χ3v) is 8.96. The lowest BCUT2D eigenvalue weighted by atomic mass is 9.88. The maximum absolute atomic E-state index is 12.6. The summed E-state index contributed by atoms with van der Waals surface area (Å²) < 4.78 is 40.5. The quantitative estimate of drug-likeness (QED) is 0.0407. The van der Waals surface area contributed by atoms with Gasteiger partial charge in [-0.05, 0) is 110 Å². The van der Waals surface area contributed by atoms with Gasteiger partial charge in [-0.1, -0.05) is 0 Å². The molecule has 0 aliphatic carbocycles. The van der Waals surface area contributed by atoms with E-state index >= 15 is 0 Å². The molecule has 2 unspecified atom stereocenters. The number of methoxy groups -OCH3 is 4. The molecule has 0 bridgehead atoms. The van der Waals surface area contributed by atoms with E-state index in [0.29, 0.717) is 23.0 Å². The molecule has 0 heterocycles. The molecule has 0 amide bonds. The van der Waals surface area contributed by atoms with Crippen LogP contribution in [0.15, 0.2) is 97.1 Å². The van der Waals surface area contributed by atoms with E-state index < -0.39 is 86.8 Å². The van der Waals surface area contributed by atoms with Crippen molar-refractivity contribution >= 4 is 48.5 Å². The van der Waals surface area contributed by atoms with Crippen molar-refractivity contribution in [1.29, 1.82) is 0 Å². The predicted octanol–water partition coefficient (Wildman–Crippen LogP) is 6.73. The minimum absolute atomic E-state index is 0.00394. The second kappa shape index (κ2) is 27.4. The molecule has 362 valence electrons. The van der Waals surface area contributed by atoms with Gasteiger partial charge < -0.3 is 37.9 Å². The molecule has 0 aromatic heterocycles. The van der Waals surface area contributed by atoms with Crippen LogP contribution in [0.1, 0.15) is 54.3 Å². The van der Waals surface area contributed by atoms with Crippen molar-refractivity contribution in [2.24, 2.45) is 11.8 Å². The van der Waals surface area contributed by atoms with Crippen molar-refractivity contribution < 1.29 is 115 Å². The summed E-state index contributed by atoms with van der Waals surface area (Å²) in [5.41, 5.74) is -0.0579. The number of carbonyl (C=O) groups excluding carboxylic acids is 8. The van der Waals surface area contributed by atoms with Gasteiger partial charge in [0.25, 0.3) is 0 Å². The smallest absolute Gasteiger partial charge is 0.497 e. The van der Waals surface area contributed by atoms with Crippen molar-refractivity contribution in [2.45, 2.75) is 12.8 Å². The fraction of sp³-hybridized carbons (Fsp3) is 0.273. The van der Waals surface area contributed by atoms with Crippen molar-refractivity contribution in [3.63, 3.8) is 0 Å². The molecule has 4 aromatic carbocycles. The minimum atomic E-state index is -1.54. The summed E-state index contributed by atoms with van der Waals surface area (Å²) in [5, 5.41) is 0. The molecule has 0 N–H and O–H groups in total. The largest absolute Gasteiger partial charge is 0.549 e. The highest BCUT2D eigenvalue weighted by Gasteiger charge is 2.29. The third kappa shape index (κ3) is 17.5. The topological polar surface area (TPSA) is 284 Å². The van der Waals surface area contributed by atoms with Crippen molar-refractivity contribution in [2.75, 3.05) is 54.9 Å². The predicted molar refractivity (Wildman–Crippen MR) is 220 cm³/mol. The normalized spacial score (nSPS) is 11.1. The molecule has 0 aliphatic heterocycles. The van der Waals surface area contributed by atoms with Crippen LogP contribution in [0.3, 0.4) is 0 Å². The number of benzene rings is 4. The first-order chi connectivity index (χ1) is 32.8. The number of rotatable bonds is 19. The molecule has 0 saturated carbocycles. The number of hydrogen-bond donors (Lipinski definition) is 0. The van der Waals surface area contributed by atoms with Crippen LogP contribution in [0.25, 0.3) is 0 Å². The Balaban J connectivity index is 1.43. The van der Waals surface area contributed by atoms with E-state index in [2.05, 4.69) is 39.1 Å². The van der Waals surface area contributed by atoms with Crippen LogP contribution in [-0.2, 0) is 58.0 Å². The summed E-state index contributed by atoms with van der Waals surface area (Å²) in [4.78, 5) is 136. The Kier molecular flexibility index (Phi) is 20.8. The van der Waals surface area contributed by atoms with Crippen LogP contribution in [-0.4, -0.2) is 103 Å². The molecule has 24 heteroatoms. The first-order valence-electron chi connectivity index (χ1n) is 19.6. The number of hydrogen-bond acceptors (Lipinski definition) is 24. The van der Waals surface area contributed by atoms with Gasteiger partial charge in [0.15, 0.2) is 0 Å². The van der Waals surface area contributed by atoms with Crippen LogP contribution in [0, 0.1) is 11.8 Å². The molecular formula is C44H42O24. The lowest BCUT2D eigenvalue weighted by molar-refractivity contribution is -0.208. The van der Waals surface area contributed by atoms with Gasteiger partial charge in [-0.2, -0.15) is 19.2 Å². The highest BCUT2D eigenvalue weighted by Crippen LogP contribution is 2.24. The van der Waals surface area contributed by atoms with Gasteiger partial charge in [0.1, 0.15) is 23.0 Å². The SMILES string of the molecule is COc1ccc(C(=O)OOC(=O)OCCC(COC(=O)OOC(=O)c2ccc(OC)cc2)C(CCOC(=O)OOC(=O)c2ccc(OC)cc2)COC(=O)OOC(=O)c2ccc(OC)cc2)cc1. The van der Waals surface area contributed by atoms with Crippen LogP contribution >= 0.6 is 0 Å². The van der Waals surface area contributed by atoms with Crippen LogP contribution in [0.2, 0.25) is 0 Å². The van der Waals surface area contributed by atoms with E-state index in [0.717, 1.165) is 0 Å². The monoisotopic (exact) mass is 954 g/mol. The van der Waals surface area contributed by atoms with Crippen LogP contribution in [0.4, 0.5) is 19.2 Å². The van der Waals surface area contributed by atoms with Gasteiger partial charge in [-0.15, -0.1) is 0 Å². The molecule has 0 aliphatic rings. The highest BCUT2D eigenvalue weighted by molar-refractivity contribution is 5.91. The summed E-state index contributed by atoms with van der Waals surface area (Å²) in [5.74, 6) is -4.68. The van der Waals surface area contributed by atoms with Gasteiger partial charge in [0.2, 0.25) is 0 Å². The number of carbonyl (C=O) groups is 8. The lowest BCUT2D eigenvalue weighted by Gasteiger charge is -2.25. The molecule has 0 fully saturated rings. The molecule has 4 aromatic rings. The van der Waals surface area contributed by atoms with Gasteiger partial charge in [-0.3, -0.25) is 0 Å². The molecule has 0 radical (unpaired) electrons. The lowest BCUT2D eigenvalue weighted by Crippen LogP contribution is -2.30. The second-order valence-electron chi connectivity index (χ2n) is 13.1. The average molecular weight is 955 g/mol. The minimum Gasteiger partial charge on any atom is -0.497 e.